The van der Waals surface area contributed by atoms with Crippen LogP contribution in [0.25, 0.3) is 0 Å². The summed E-state index contributed by atoms with van der Waals surface area (Å²) in [5.74, 6) is -0.529. The number of unbranched alkanes of at least 4 members (excludes halogenated alkanes) is 49. The van der Waals surface area contributed by atoms with Gasteiger partial charge in [0.05, 0.1) is 26.4 Å². The summed E-state index contributed by atoms with van der Waals surface area (Å²) >= 11 is 0. The quantitative estimate of drug-likeness (QED) is 0.0222. The minimum Gasteiger partial charge on any atom is -0.462 e. The van der Waals surface area contributed by atoms with Crippen LogP contribution < -0.4 is 0 Å². The Kier molecular flexibility index (Phi) is 70.3. The first-order valence-electron chi connectivity index (χ1n) is 41.5. The van der Waals surface area contributed by atoms with Crippen LogP contribution in [0.3, 0.4) is 0 Å². The molecule has 5 atom stereocenters. The molecule has 19 heteroatoms. The highest BCUT2D eigenvalue weighted by Crippen LogP contribution is 2.45. The number of carbonyl (C=O) groups excluding carboxylic acids is 4. The van der Waals surface area contributed by atoms with Gasteiger partial charge in [0.25, 0.3) is 0 Å². The maximum absolute atomic E-state index is 13.1. The second kappa shape index (κ2) is 71.7. The SMILES string of the molecule is CCCCCCCCCCCCCCCC(=O)O[C@H](COC(=O)CCCCCCCCCCCCCC)COP(=O)(O)OC[C@H](O)COP(=O)(O)OC[C@@H](COC(=O)CCCCCCCCCCCCC(C)C)OC(=O)CCCCCCCCCCCCCCCCCCCCC(C)C. The third-order valence-corrected chi connectivity index (χ3v) is 20.6. The smallest absolute Gasteiger partial charge is 0.462 e. The molecule has 17 nitrogen and oxygen atoms in total. The maximum Gasteiger partial charge on any atom is 0.472 e. The molecule has 3 N–H and O–H groups in total. The Hall–Kier alpha value is -1.94. The van der Waals surface area contributed by atoms with Crippen molar-refractivity contribution in [2.24, 2.45) is 11.8 Å². The van der Waals surface area contributed by atoms with Crippen LogP contribution in [0.1, 0.15) is 420 Å². The third kappa shape index (κ3) is 74.1. The number of aliphatic hydroxyl groups excluding tert-OH is 1. The summed E-state index contributed by atoms with van der Waals surface area (Å²) in [6, 6.07) is 0. The van der Waals surface area contributed by atoms with Gasteiger partial charge in [-0.05, 0) is 37.5 Å². The zero-order chi connectivity index (χ0) is 72.8. The number of aliphatic hydroxyl groups is 1. The zero-order valence-electron chi connectivity index (χ0n) is 64.8. The molecule has 0 radical (unpaired) electrons. The monoisotopic (exact) mass is 1450 g/mol. The van der Waals surface area contributed by atoms with Gasteiger partial charge in [-0.15, -0.1) is 0 Å². The zero-order valence-corrected chi connectivity index (χ0v) is 66.6. The molecule has 0 aromatic carbocycles. The molecule has 0 aliphatic rings. The van der Waals surface area contributed by atoms with E-state index in [0.717, 1.165) is 102 Å². The summed E-state index contributed by atoms with van der Waals surface area (Å²) in [6.07, 6.45) is 60.9. The van der Waals surface area contributed by atoms with E-state index >= 15 is 0 Å². The van der Waals surface area contributed by atoms with Crippen LogP contribution in [-0.2, 0) is 65.4 Å². The molecule has 99 heavy (non-hydrogen) atoms. The highest BCUT2D eigenvalue weighted by atomic mass is 31.2. The molecular weight excluding hydrogens is 1290 g/mol. The van der Waals surface area contributed by atoms with Crippen LogP contribution in [0, 0.1) is 11.8 Å². The number of esters is 4. The lowest BCUT2D eigenvalue weighted by atomic mass is 10.0. The van der Waals surface area contributed by atoms with Gasteiger partial charge in [0, 0.05) is 25.7 Å². The molecule has 0 bridgehead atoms. The second-order valence-electron chi connectivity index (χ2n) is 29.8. The van der Waals surface area contributed by atoms with E-state index in [2.05, 4.69) is 41.5 Å². The van der Waals surface area contributed by atoms with Gasteiger partial charge in [-0.25, -0.2) is 9.13 Å². The average molecular weight is 1450 g/mol. The van der Waals surface area contributed by atoms with Crippen molar-refractivity contribution < 1.29 is 80.2 Å². The fourth-order valence-electron chi connectivity index (χ4n) is 12.4. The third-order valence-electron chi connectivity index (χ3n) is 18.7. The summed E-state index contributed by atoms with van der Waals surface area (Å²) < 4.78 is 68.7. The molecule has 0 heterocycles. The van der Waals surface area contributed by atoms with Gasteiger partial charge in [0.1, 0.15) is 19.3 Å². The van der Waals surface area contributed by atoms with E-state index in [9.17, 15) is 43.2 Å². The highest BCUT2D eigenvalue weighted by molar-refractivity contribution is 7.47. The first-order valence-corrected chi connectivity index (χ1v) is 44.5. The summed E-state index contributed by atoms with van der Waals surface area (Å²) in [5.41, 5.74) is 0. The summed E-state index contributed by atoms with van der Waals surface area (Å²) in [7, 11) is -9.92. The average Bonchev–Trinajstić information content (AvgIpc) is 0.979. The first kappa shape index (κ1) is 97.1. The molecule has 0 aliphatic heterocycles. The molecule has 588 valence electrons. The van der Waals surface area contributed by atoms with Crippen LogP contribution in [0.15, 0.2) is 0 Å². The van der Waals surface area contributed by atoms with Crippen molar-refractivity contribution in [1.29, 1.82) is 0 Å². The van der Waals surface area contributed by atoms with Crippen molar-refractivity contribution in [3.63, 3.8) is 0 Å². The topological polar surface area (TPSA) is 237 Å². The minimum atomic E-state index is -4.96. The van der Waals surface area contributed by atoms with Crippen molar-refractivity contribution in [1.82, 2.24) is 0 Å². The molecule has 0 aromatic heterocycles. The van der Waals surface area contributed by atoms with E-state index in [1.165, 1.54) is 238 Å². The Morgan fingerprint density at radius 1 is 0.273 bits per heavy atom. The Bertz CT molecular complexity index is 1910. The van der Waals surface area contributed by atoms with Crippen molar-refractivity contribution in [2.45, 2.75) is 439 Å². The van der Waals surface area contributed by atoms with E-state index in [1.807, 2.05) is 0 Å². The van der Waals surface area contributed by atoms with E-state index in [0.29, 0.717) is 25.7 Å². The Morgan fingerprint density at radius 3 is 0.687 bits per heavy atom. The normalized spacial score (nSPS) is 13.9. The van der Waals surface area contributed by atoms with Crippen molar-refractivity contribution in [3.8, 4) is 0 Å². The van der Waals surface area contributed by atoms with Gasteiger partial charge >= 0.3 is 39.5 Å². The van der Waals surface area contributed by atoms with Crippen LogP contribution in [0.5, 0.6) is 0 Å². The van der Waals surface area contributed by atoms with E-state index in [-0.39, 0.29) is 25.7 Å². The Morgan fingerprint density at radius 2 is 0.465 bits per heavy atom. The first-order chi connectivity index (χ1) is 47.9. The van der Waals surface area contributed by atoms with Crippen LogP contribution in [0.4, 0.5) is 0 Å². The number of carbonyl (C=O) groups is 4. The summed E-state index contributed by atoms with van der Waals surface area (Å²) in [4.78, 5) is 73.0. The predicted molar refractivity (Wildman–Crippen MR) is 405 cm³/mol. The molecule has 0 aromatic rings. The summed E-state index contributed by atoms with van der Waals surface area (Å²) in [6.45, 7) is 9.66. The van der Waals surface area contributed by atoms with Crippen molar-refractivity contribution in [3.05, 3.63) is 0 Å². The molecule has 2 unspecified atom stereocenters. The number of hydrogen-bond donors (Lipinski definition) is 3. The lowest BCUT2D eigenvalue weighted by Crippen LogP contribution is -2.30. The van der Waals surface area contributed by atoms with Crippen LogP contribution in [-0.4, -0.2) is 96.7 Å². The van der Waals surface area contributed by atoms with Crippen molar-refractivity contribution >= 4 is 39.5 Å². The van der Waals surface area contributed by atoms with Crippen molar-refractivity contribution in [2.75, 3.05) is 39.6 Å². The molecule has 0 rings (SSSR count). The number of ether oxygens (including phenoxy) is 4. The van der Waals surface area contributed by atoms with E-state index in [1.54, 1.807) is 0 Å². The molecule has 0 spiro atoms. The van der Waals surface area contributed by atoms with Gasteiger partial charge in [0.2, 0.25) is 0 Å². The second-order valence-corrected chi connectivity index (χ2v) is 32.7. The summed E-state index contributed by atoms with van der Waals surface area (Å²) in [5, 5.41) is 10.6. The molecular formula is C80H156O17P2. The van der Waals surface area contributed by atoms with Gasteiger partial charge in [-0.2, -0.15) is 0 Å². The molecule has 0 amide bonds. The number of phosphoric ester groups is 2. The maximum atomic E-state index is 13.1. The van der Waals surface area contributed by atoms with Gasteiger partial charge < -0.3 is 33.8 Å². The van der Waals surface area contributed by atoms with E-state index in [4.69, 9.17) is 37.0 Å². The highest BCUT2D eigenvalue weighted by Gasteiger charge is 2.30. The number of phosphoric acid groups is 2. The van der Waals surface area contributed by atoms with Gasteiger partial charge in [-0.3, -0.25) is 37.3 Å². The Balaban J connectivity index is 5.22. The molecule has 0 fully saturated rings. The molecule has 0 saturated carbocycles. The van der Waals surface area contributed by atoms with Gasteiger partial charge in [-0.1, -0.05) is 369 Å². The fraction of sp³-hybridized carbons (Fsp3) is 0.950. The lowest BCUT2D eigenvalue weighted by molar-refractivity contribution is -0.161. The Labute approximate surface area is 607 Å². The largest absolute Gasteiger partial charge is 0.472 e. The standard InChI is InChI=1S/C80H156O17P2/c1-7-9-11-13-15-17-19-27-32-40-46-52-58-64-79(84)96-75(68-90-77(82)62-56-50-44-38-31-20-18-16-14-12-10-8-2)70-94-98(86,87)92-66-74(81)67-93-99(88,89)95-71-76(69-91-78(83)63-57-51-45-39-35-34-37-43-49-55-61-73(5)6)97-80(85)65-59-53-47-41-33-29-26-24-22-21-23-25-28-30-36-42-48-54-60-72(3)4/h72-76,81H,7-71H2,1-6H3,(H,86,87)(H,88,89)/t74-,75+,76+/m0/s1. The predicted octanol–water partition coefficient (Wildman–Crippen LogP) is 23.9. The van der Waals surface area contributed by atoms with Crippen LogP contribution in [0.2, 0.25) is 0 Å². The number of hydrogen-bond acceptors (Lipinski definition) is 15. The van der Waals surface area contributed by atoms with E-state index < -0.39 is 97.5 Å². The minimum absolute atomic E-state index is 0.108. The lowest BCUT2D eigenvalue weighted by Gasteiger charge is -2.21. The molecule has 0 aliphatic carbocycles. The van der Waals surface area contributed by atoms with Gasteiger partial charge in [0.15, 0.2) is 12.2 Å². The molecule has 0 saturated heterocycles. The van der Waals surface area contributed by atoms with Crippen LogP contribution >= 0.6 is 15.6 Å². The fourth-order valence-corrected chi connectivity index (χ4v) is 13.9. The number of rotatable bonds is 79.